The monoisotopic (exact) mass is 445 g/mol. The van der Waals surface area contributed by atoms with Crippen LogP contribution in [0.1, 0.15) is 28.8 Å². The van der Waals surface area contributed by atoms with E-state index in [0.29, 0.717) is 45.2 Å². The summed E-state index contributed by atoms with van der Waals surface area (Å²) in [6.45, 7) is 2.53. The zero-order valence-corrected chi connectivity index (χ0v) is 16.5. The molecule has 0 atom stereocenters. The summed E-state index contributed by atoms with van der Waals surface area (Å²) < 4.78 is 78.5. The molecule has 2 heterocycles. The first-order valence-corrected chi connectivity index (χ1v) is 9.71. The molecule has 0 bridgehead atoms. The van der Waals surface area contributed by atoms with Gasteiger partial charge in [-0.2, -0.15) is 26.3 Å². The number of rotatable bonds is 4. The summed E-state index contributed by atoms with van der Waals surface area (Å²) in [5.41, 5.74) is -2.40. The van der Waals surface area contributed by atoms with Crippen molar-refractivity contribution in [2.75, 3.05) is 26.2 Å². The van der Waals surface area contributed by atoms with E-state index < -0.39 is 41.4 Å². The third kappa shape index (κ3) is 6.19. The van der Waals surface area contributed by atoms with Gasteiger partial charge in [0.05, 0.1) is 23.2 Å². The predicted octanol–water partition coefficient (Wildman–Crippen LogP) is 4.40. The van der Waals surface area contributed by atoms with Crippen molar-refractivity contribution in [3.8, 4) is 0 Å². The van der Waals surface area contributed by atoms with Crippen LogP contribution >= 0.6 is 0 Å². The van der Waals surface area contributed by atoms with Crippen LogP contribution in [0, 0.1) is 0 Å². The van der Waals surface area contributed by atoms with E-state index in [1.807, 2.05) is 18.2 Å². The summed E-state index contributed by atoms with van der Waals surface area (Å²) >= 11 is 0. The van der Waals surface area contributed by atoms with Crippen molar-refractivity contribution in [3.05, 3.63) is 65.0 Å². The van der Waals surface area contributed by atoms with Crippen LogP contribution in [0.4, 0.5) is 26.3 Å². The largest absolute Gasteiger partial charge is 0.416 e. The molecule has 1 aliphatic heterocycles. The Hall–Kier alpha value is -2.62. The van der Waals surface area contributed by atoms with E-state index in [-0.39, 0.29) is 6.07 Å². The standard InChI is InChI=1S/C21H21F6N3O/c22-20(23,24)16-6-5-15(18(13-16)21(25,26)27)12-19(31)30-9-3-8-29(10-11-30)14-17-4-1-2-7-28-17/h1-2,4-7,13H,3,8-12,14H2. The Kier molecular flexibility index (Phi) is 6.88. The highest BCUT2D eigenvalue weighted by atomic mass is 19.4. The first-order valence-electron chi connectivity index (χ1n) is 9.71. The van der Waals surface area contributed by atoms with Crippen LogP contribution in [0.3, 0.4) is 0 Å². The molecule has 0 unspecified atom stereocenters. The van der Waals surface area contributed by atoms with Gasteiger partial charge in [0, 0.05) is 38.9 Å². The number of alkyl halides is 6. The molecule has 2 aromatic rings. The minimum Gasteiger partial charge on any atom is -0.341 e. The zero-order chi connectivity index (χ0) is 22.6. The quantitative estimate of drug-likeness (QED) is 0.655. The summed E-state index contributed by atoms with van der Waals surface area (Å²) in [6, 6.07) is 6.96. The molecule has 1 saturated heterocycles. The second kappa shape index (κ2) is 9.25. The van der Waals surface area contributed by atoms with Gasteiger partial charge in [0.1, 0.15) is 0 Å². The molecule has 0 spiro atoms. The Labute approximate surface area is 175 Å². The van der Waals surface area contributed by atoms with Gasteiger partial charge in [-0.25, -0.2) is 0 Å². The number of halogens is 6. The Morgan fingerprint density at radius 3 is 2.35 bits per heavy atom. The summed E-state index contributed by atoms with van der Waals surface area (Å²) in [6.07, 6.45) is -8.17. The fraction of sp³-hybridized carbons (Fsp3) is 0.429. The van der Waals surface area contributed by atoms with Crippen molar-refractivity contribution in [1.82, 2.24) is 14.8 Å². The minimum absolute atomic E-state index is 0.0691. The van der Waals surface area contributed by atoms with Crippen LogP contribution in [-0.2, 0) is 30.1 Å². The lowest BCUT2D eigenvalue weighted by Gasteiger charge is -2.23. The molecule has 0 N–H and O–H groups in total. The van der Waals surface area contributed by atoms with Crippen LogP contribution in [0.5, 0.6) is 0 Å². The lowest BCUT2D eigenvalue weighted by molar-refractivity contribution is -0.143. The van der Waals surface area contributed by atoms with E-state index >= 15 is 0 Å². The molecule has 0 aliphatic carbocycles. The maximum absolute atomic E-state index is 13.3. The fourth-order valence-electron chi connectivity index (χ4n) is 3.54. The molecule has 31 heavy (non-hydrogen) atoms. The fourth-order valence-corrected chi connectivity index (χ4v) is 3.54. The number of carbonyl (C=O) groups is 1. The first kappa shape index (κ1) is 23.1. The van der Waals surface area contributed by atoms with Crippen molar-refractivity contribution in [2.24, 2.45) is 0 Å². The predicted molar refractivity (Wildman–Crippen MR) is 101 cm³/mol. The minimum atomic E-state index is -4.99. The van der Waals surface area contributed by atoms with Gasteiger partial charge in [0.2, 0.25) is 5.91 Å². The molecule has 0 saturated carbocycles. The number of hydrogen-bond acceptors (Lipinski definition) is 3. The second-order valence-electron chi connectivity index (χ2n) is 7.38. The van der Waals surface area contributed by atoms with E-state index in [9.17, 15) is 31.1 Å². The first-order chi connectivity index (χ1) is 14.5. The topological polar surface area (TPSA) is 36.4 Å². The molecule has 4 nitrogen and oxygen atoms in total. The molecule has 1 amide bonds. The molecule has 1 fully saturated rings. The van der Waals surface area contributed by atoms with E-state index in [1.165, 1.54) is 4.90 Å². The van der Waals surface area contributed by atoms with Gasteiger partial charge in [0.15, 0.2) is 0 Å². The van der Waals surface area contributed by atoms with E-state index in [0.717, 1.165) is 11.8 Å². The maximum Gasteiger partial charge on any atom is 0.416 e. The van der Waals surface area contributed by atoms with Gasteiger partial charge in [0.25, 0.3) is 0 Å². The third-order valence-corrected chi connectivity index (χ3v) is 5.14. The van der Waals surface area contributed by atoms with Crippen molar-refractivity contribution in [3.63, 3.8) is 0 Å². The SMILES string of the molecule is O=C(Cc1ccc(C(F)(F)F)cc1C(F)(F)F)N1CCCN(Cc2ccccn2)CC1. The van der Waals surface area contributed by atoms with Gasteiger partial charge < -0.3 is 4.90 Å². The number of hydrogen-bond donors (Lipinski definition) is 0. The van der Waals surface area contributed by atoms with Crippen molar-refractivity contribution < 1.29 is 31.1 Å². The molecular weight excluding hydrogens is 424 g/mol. The van der Waals surface area contributed by atoms with Gasteiger partial charge >= 0.3 is 12.4 Å². The number of amides is 1. The summed E-state index contributed by atoms with van der Waals surface area (Å²) in [4.78, 5) is 20.5. The van der Waals surface area contributed by atoms with Crippen LogP contribution in [0.2, 0.25) is 0 Å². The van der Waals surface area contributed by atoms with Crippen molar-refractivity contribution in [2.45, 2.75) is 31.7 Å². The summed E-state index contributed by atoms with van der Waals surface area (Å²) in [5.74, 6) is -0.537. The lowest BCUT2D eigenvalue weighted by Crippen LogP contribution is -2.36. The summed E-state index contributed by atoms with van der Waals surface area (Å²) in [5, 5.41) is 0. The lowest BCUT2D eigenvalue weighted by atomic mass is 10.00. The Morgan fingerprint density at radius 1 is 0.935 bits per heavy atom. The maximum atomic E-state index is 13.3. The van der Waals surface area contributed by atoms with Gasteiger partial charge in [-0.3, -0.25) is 14.7 Å². The van der Waals surface area contributed by atoms with Crippen LogP contribution < -0.4 is 0 Å². The average Bonchev–Trinajstić information content (AvgIpc) is 2.93. The average molecular weight is 445 g/mol. The zero-order valence-electron chi connectivity index (χ0n) is 16.5. The van der Waals surface area contributed by atoms with Gasteiger partial charge in [-0.15, -0.1) is 0 Å². The van der Waals surface area contributed by atoms with Crippen LogP contribution in [0.25, 0.3) is 0 Å². The third-order valence-electron chi connectivity index (χ3n) is 5.14. The number of nitrogens with zero attached hydrogens (tertiary/aromatic N) is 3. The highest BCUT2D eigenvalue weighted by molar-refractivity contribution is 5.79. The summed E-state index contributed by atoms with van der Waals surface area (Å²) in [7, 11) is 0. The number of benzene rings is 1. The smallest absolute Gasteiger partial charge is 0.341 e. The normalized spacial score (nSPS) is 16.3. The van der Waals surface area contributed by atoms with Crippen LogP contribution in [-0.4, -0.2) is 46.9 Å². The Balaban J connectivity index is 1.68. The molecule has 0 radical (unpaired) electrons. The molecule has 1 aliphatic rings. The molecular formula is C21H21F6N3O. The van der Waals surface area contributed by atoms with E-state index in [1.54, 1.807) is 6.20 Å². The molecule has 1 aromatic carbocycles. The molecule has 10 heteroatoms. The van der Waals surface area contributed by atoms with E-state index in [4.69, 9.17) is 0 Å². The molecule has 1 aromatic heterocycles. The van der Waals surface area contributed by atoms with E-state index in [2.05, 4.69) is 9.88 Å². The molecule has 3 rings (SSSR count). The number of carbonyl (C=O) groups excluding carboxylic acids is 1. The number of pyridine rings is 1. The number of aromatic nitrogens is 1. The van der Waals surface area contributed by atoms with Gasteiger partial charge in [-0.1, -0.05) is 12.1 Å². The Bertz CT molecular complexity index is 898. The highest BCUT2D eigenvalue weighted by Crippen LogP contribution is 2.37. The molecule has 168 valence electrons. The van der Waals surface area contributed by atoms with Gasteiger partial charge in [-0.05, 0) is 36.2 Å². The second-order valence-corrected chi connectivity index (χ2v) is 7.38. The van der Waals surface area contributed by atoms with Crippen molar-refractivity contribution >= 4 is 5.91 Å². The van der Waals surface area contributed by atoms with Crippen molar-refractivity contribution in [1.29, 1.82) is 0 Å². The highest BCUT2D eigenvalue weighted by Gasteiger charge is 2.38. The Morgan fingerprint density at radius 2 is 1.71 bits per heavy atom. The van der Waals surface area contributed by atoms with Crippen LogP contribution in [0.15, 0.2) is 42.6 Å².